The topological polar surface area (TPSA) is 60.0 Å². The highest BCUT2D eigenvalue weighted by molar-refractivity contribution is 4.90. The van der Waals surface area contributed by atoms with Crippen molar-refractivity contribution >= 4 is 0 Å². The molecule has 0 spiro atoms. The van der Waals surface area contributed by atoms with Crippen molar-refractivity contribution in [3.63, 3.8) is 0 Å². The number of aromatic nitrogens is 3. The predicted molar refractivity (Wildman–Crippen MR) is 65.3 cm³/mol. The molecule has 16 heavy (non-hydrogen) atoms. The average Bonchev–Trinajstić information content (AvgIpc) is 2.62. The molecule has 0 aliphatic heterocycles. The van der Waals surface area contributed by atoms with E-state index in [4.69, 9.17) is 5.73 Å². The Hall–Kier alpha value is -0.940. The molecule has 92 valence electrons. The van der Waals surface area contributed by atoms with Crippen molar-refractivity contribution in [1.29, 1.82) is 0 Å². The molecule has 1 rings (SSSR count). The zero-order valence-electron chi connectivity index (χ0n) is 10.7. The van der Waals surface area contributed by atoms with Gasteiger partial charge in [0.05, 0.1) is 0 Å². The largest absolute Gasteiger partial charge is 0.327 e. The summed E-state index contributed by atoms with van der Waals surface area (Å²) in [6, 6.07) is 0.502. The Morgan fingerprint density at radius 2 is 2.12 bits per heavy atom. The summed E-state index contributed by atoms with van der Waals surface area (Å²) in [7, 11) is 4.12. The van der Waals surface area contributed by atoms with Gasteiger partial charge in [0.2, 0.25) is 0 Å². The fraction of sp³-hybridized carbons (Fsp3) is 0.818. The maximum Gasteiger partial charge on any atom is 0.138 e. The van der Waals surface area contributed by atoms with E-state index in [0.29, 0.717) is 6.04 Å². The summed E-state index contributed by atoms with van der Waals surface area (Å²) in [5, 5.41) is 4.20. The fourth-order valence-electron chi connectivity index (χ4n) is 1.61. The Kier molecular flexibility index (Phi) is 4.89. The summed E-state index contributed by atoms with van der Waals surface area (Å²) in [4.78, 5) is 6.41. The quantitative estimate of drug-likeness (QED) is 0.773. The molecule has 0 amide bonds. The second-order valence-electron chi connectivity index (χ2n) is 4.77. The van der Waals surface area contributed by atoms with Gasteiger partial charge in [0.15, 0.2) is 0 Å². The molecule has 0 fully saturated rings. The maximum atomic E-state index is 6.07. The van der Waals surface area contributed by atoms with Gasteiger partial charge in [0.1, 0.15) is 12.2 Å². The molecule has 1 unspecified atom stereocenters. The van der Waals surface area contributed by atoms with E-state index in [1.165, 1.54) is 0 Å². The van der Waals surface area contributed by atoms with Gasteiger partial charge in [0.25, 0.3) is 0 Å². The molecule has 1 atom stereocenters. The van der Waals surface area contributed by atoms with Crippen molar-refractivity contribution < 1.29 is 0 Å². The molecule has 1 aromatic heterocycles. The van der Waals surface area contributed by atoms with Crippen LogP contribution in [0.5, 0.6) is 0 Å². The average molecular weight is 225 g/mol. The van der Waals surface area contributed by atoms with Crippen LogP contribution in [0.3, 0.4) is 0 Å². The van der Waals surface area contributed by atoms with Crippen LogP contribution in [0.25, 0.3) is 0 Å². The number of nitrogens with two attached hydrogens (primary N) is 1. The zero-order chi connectivity index (χ0) is 12.1. The minimum Gasteiger partial charge on any atom is -0.327 e. The van der Waals surface area contributed by atoms with Gasteiger partial charge in [-0.2, -0.15) is 5.10 Å². The van der Waals surface area contributed by atoms with Crippen molar-refractivity contribution in [2.45, 2.75) is 38.8 Å². The molecule has 5 nitrogen and oxygen atoms in total. The van der Waals surface area contributed by atoms with Crippen LogP contribution in [0, 0.1) is 0 Å². The summed E-state index contributed by atoms with van der Waals surface area (Å²) in [6.07, 6.45) is 3.39. The molecule has 2 N–H and O–H groups in total. The maximum absolute atomic E-state index is 6.07. The van der Waals surface area contributed by atoms with Gasteiger partial charge >= 0.3 is 0 Å². The molecule has 1 heterocycles. The number of hydrogen-bond acceptors (Lipinski definition) is 4. The zero-order valence-corrected chi connectivity index (χ0v) is 10.7. The van der Waals surface area contributed by atoms with E-state index in [1.807, 2.05) is 4.68 Å². The van der Waals surface area contributed by atoms with Crippen molar-refractivity contribution in [2.75, 3.05) is 20.6 Å². The standard InChI is InChI=1S/C11H23N5/c1-9(2)16-11(13-8-14-16)7-10(12)5-6-15(3)4/h8-10H,5-7,12H2,1-4H3. The van der Waals surface area contributed by atoms with Gasteiger partial charge in [0, 0.05) is 18.5 Å². The lowest BCUT2D eigenvalue weighted by Gasteiger charge is -2.16. The van der Waals surface area contributed by atoms with Gasteiger partial charge in [-0.3, -0.25) is 0 Å². The molecular formula is C11H23N5. The normalized spacial score (nSPS) is 13.7. The third-order valence-electron chi connectivity index (χ3n) is 2.53. The van der Waals surface area contributed by atoms with Crippen LogP contribution in [0.4, 0.5) is 0 Å². The molecule has 0 aliphatic rings. The summed E-state index contributed by atoms with van der Waals surface area (Å²) in [5.74, 6) is 0.987. The molecule has 0 bridgehead atoms. The first kappa shape index (κ1) is 13.1. The molecule has 0 aliphatic carbocycles. The van der Waals surface area contributed by atoms with Crippen molar-refractivity contribution in [2.24, 2.45) is 5.73 Å². The second kappa shape index (κ2) is 5.96. The van der Waals surface area contributed by atoms with E-state index < -0.39 is 0 Å². The lowest BCUT2D eigenvalue weighted by Crippen LogP contribution is -2.29. The summed E-state index contributed by atoms with van der Waals surface area (Å²) in [6.45, 7) is 5.21. The van der Waals surface area contributed by atoms with Crippen LogP contribution in [0.15, 0.2) is 6.33 Å². The number of nitrogens with zero attached hydrogens (tertiary/aromatic N) is 4. The van der Waals surface area contributed by atoms with Crippen LogP contribution in [-0.4, -0.2) is 46.3 Å². The molecule has 0 saturated heterocycles. The van der Waals surface area contributed by atoms with Crippen LogP contribution in [-0.2, 0) is 6.42 Å². The Balaban J connectivity index is 2.49. The van der Waals surface area contributed by atoms with Crippen LogP contribution < -0.4 is 5.73 Å². The van der Waals surface area contributed by atoms with Gasteiger partial charge in [-0.25, -0.2) is 9.67 Å². The van der Waals surface area contributed by atoms with E-state index >= 15 is 0 Å². The first-order chi connectivity index (χ1) is 7.50. The Bertz CT molecular complexity index is 305. The lowest BCUT2D eigenvalue weighted by molar-refractivity contribution is 0.375. The molecule has 0 radical (unpaired) electrons. The highest BCUT2D eigenvalue weighted by Gasteiger charge is 2.12. The van der Waals surface area contributed by atoms with Gasteiger partial charge in [-0.1, -0.05) is 0 Å². The van der Waals surface area contributed by atoms with E-state index in [9.17, 15) is 0 Å². The van der Waals surface area contributed by atoms with Crippen molar-refractivity contribution in [3.8, 4) is 0 Å². The molecule has 0 saturated carbocycles. The number of rotatable bonds is 6. The Labute approximate surface area is 97.6 Å². The van der Waals surface area contributed by atoms with Crippen molar-refractivity contribution in [3.05, 3.63) is 12.2 Å². The summed E-state index contributed by atoms with van der Waals surface area (Å²) < 4.78 is 1.94. The van der Waals surface area contributed by atoms with Gasteiger partial charge in [-0.15, -0.1) is 0 Å². The first-order valence-electron chi connectivity index (χ1n) is 5.79. The smallest absolute Gasteiger partial charge is 0.138 e. The fourth-order valence-corrected chi connectivity index (χ4v) is 1.61. The number of hydrogen-bond donors (Lipinski definition) is 1. The highest BCUT2D eigenvalue weighted by Crippen LogP contribution is 2.07. The van der Waals surface area contributed by atoms with E-state index in [-0.39, 0.29) is 6.04 Å². The van der Waals surface area contributed by atoms with Crippen LogP contribution in [0.2, 0.25) is 0 Å². The first-order valence-corrected chi connectivity index (χ1v) is 5.79. The van der Waals surface area contributed by atoms with Gasteiger partial charge < -0.3 is 10.6 Å². The van der Waals surface area contributed by atoms with E-state index in [0.717, 1.165) is 25.2 Å². The predicted octanol–water partition coefficient (Wildman–Crippen LogP) is 0.681. The van der Waals surface area contributed by atoms with Gasteiger partial charge in [-0.05, 0) is 40.9 Å². The second-order valence-corrected chi connectivity index (χ2v) is 4.77. The Morgan fingerprint density at radius 1 is 1.44 bits per heavy atom. The molecule has 5 heteroatoms. The summed E-state index contributed by atoms with van der Waals surface area (Å²) >= 11 is 0. The van der Waals surface area contributed by atoms with Crippen LogP contribution in [0.1, 0.15) is 32.1 Å². The monoisotopic (exact) mass is 225 g/mol. The molecule has 1 aromatic rings. The highest BCUT2D eigenvalue weighted by atomic mass is 15.3. The molecule has 0 aromatic carbocycles. The van der Waals surface area contributed by atoms with E-state index in [1.54, 1.807) is 6.33 Å². The van der Waals surface area contributed by atoms with E-state index in [2.05, 4.69) is 42.9 Å². The summed E-state index contributed by atoms with van der Waals surface area (Å²) in [5.41, 5.74) is 6.07. The Morgan fingerprint density at radius 3 is 2.69 bits per heavy atom. The molecular weight excluding hydrogens is 202 g/mol. The van der Waals surface area contributed by atoms with Crippen molar-refractivity contribution in [1.82, 2.24) is 19.7 Å². The minimum atomic E-state index is 0.157. The third-order valence-corrected chi connectivity index (χ3v) is 2.53. The SMILES string of the molecule is CC(C)n1ncnc1CC(N)CCN(C)C. The third kappa shape index (κ3) is 3.90. The lowest BCUT2D eigenvalue weighted by atomic mass is 10.1. The minimum absolute atomic E-state index is 0.157. The van der Waals surface area contributed by atoms with Crippen LogP contribution >= 0.6 is 0 Å².